The molecule has 0 saturated heterocycles. The van der Waals surface area contributed by atoms with Crippen LogP contribution >= 0.6 is 34.2 Å². The molecule has 1 nitrogen and oxygen atoms in total. The van der Waals surface area contributed by atoms with Crippen LogP contribution in [0.2, 0.25) is 5.02 Å². The second-order valence-corrected chi connectivity index (χ2v) is 4.15. The molecule has 0 bridgehead atoms. The van der Waals surface area contributed by atoms with Gasteiger partial charge in [0.25, 0.3) is 0 Å². The van der Waals surface area contributed by atoms with E-state index in [-0.39, 0.29) is 10.6 Å². The van der Waals surface area contributed by atoms with Crippen LogP contribution in [0.4, 0.5) is 13.2 Å². The highest BCUT2D eigenvalue weighted by molar-refractivity contribution is 14.1. The Balaban J connectivity index is 3.14. The maximum absolute atomic E-state index is 12.3. The van der Waals surface area contributed by atoms with Crippen LogP contribution in [-0.2, 0) is 0 Å². The van der Waals surface area contributed by atoms with Crippen LogP contribution in [0.25, 0.3) is 0 Å². The molecule has 14 heavy (non-hydrogen) atoms. The lowest BCUT2D eigenvalue weighted by Gasteiger charge is -2.17. The van der Waals surface area contributed by atoms with E-state index in [0.29, 0.717) is 3.57 Å². The van der Waals surface area contributed by atoms with Gasteiger partial charge in [0.1, 0.15) is 6.04 Å². The lowest BCUT2D eigenvalue weighted by atomic mass is 10.1. The van der Waals surface area contributed by atoms with E-state index in [2.05, 4.69) is 0 Å². The highest BCUT2D eigenvalue weighted by atomic mass is 127. The van der Waals surface area contributed by atoms with E-state index in [1.54, 1.807) is 22.6 Å². The molecule has 0 radical (unpaired) electrons. The molecule has 0 heterocycles. The highest BCUT2D eigenvalue weighted by Gasteiger charge is 2.38. The van der Waals surface area contributed by atoms with E-state index in [1.807, 2.05) is 0 Å². The molecule has 78 valence electrons. The Labute approximate surface area is 97.6 Å². The van der Waals surface area contributed by atoms with E-state index in [0.717, 1.165) is 0 Å². The molecular weight excluding hydrogens is 329 g/mol. The summed E-state index contributed by atoms with van der Waals surface area (Å²) < 4.78 is 37.2. The number of halogens is 5. The van der Waals surface area contributed by atoms with Gasteiger partial charge in [-0.15, -0.1) is 0 Å². The van der Waals surface area contributed by atoms with Crippen molar-refractivity contribution in [2.24, 2.45) is 5.73 Å². The van der Waals surface area contributed by atoms with Crippen LogP contribution in [0.15, 0.2) is 18.2 Å². The van der Waals surface area contributed by atoms with Gasteiger partial charge in [-0.25, -0.2) is 0 Å². The first-order chi connectivity index (χ1) is 6.34. The number of hydrogen-bond acceptors (Lipinski definition) is 1. The predicted molar refractivity (Wildman–Crippen MR) is 57.2 cm³/mol. The molecule has 1 aromatic rings. The number of hydrogen-bond donors (Lipinski definition) is 1. The van der Waals surface area contributed by atoms with Crippen LogP contribution in [-0.4, -0.2) is 6.18 Å². The van der Waals surface area contributed by atoms with Crippen LogP contribution in [0, 0.1) is 3.57 Å². The van der Waals surface area contributed by atoms with Gasteiger partial charge in [0.05, 0.1) is 5.02 Å². The molecule has 0 aromatic heterocycles. The summed E-state index contributed by atoms with van der Waals surface area (Å²) in [4.78, 5) is 0. The molecule has 6 heteroatoms. The number of nitrogens with two attached hydrogens (primary N) is 1. The van der Waals surface area contributed by atoms with E-state index in [1.165, 1.54) is 18.2 Å². The summed E-state index contributed by atoms with van der Waals surface area (Å²) in [6.45, 7) is 0. The lowest BCUT2D eigenvalue weighted by molar-refractivity contribution is -0.149. The maximum atomic E-state index is 12.3. The van der Waals surface area contributed by atoms with Gasteiger partial charge in [0, 0.05) is 3.57 Å². The molecule has 0 fully saturated rings. The largest absolute Gasteiger partial charge is 0.407 e. The smallest absolute Gasteiger partial charge is 0.316 e. The molecular formula is C8H6ClF3IN. The molecule has 0 spiro atoms. The van der Waals surface area contributed by atoms with E-state index in [9.17, 15) is 13.2 Å². The fourth-order valence-electron chi connectivity index (χ4n) is 0.937. The first-order valence-electron chi connectivity index (χ1n) is 3.60. The Morgan fingerprint density at radius 1 is 1.36 bits per heavy atom. The van der Waals surface area contributed by atoms with E-state index >= 15 is 0 Å². The molecule has 1 rings (SSSR count). The van der Waals surface area contributed by atoms with Crippen molar-refractivity contribution in [1.29, 1.82) is 0 Å². The Morgan fingerprint density at radius 3 is 2.43 bits per heavy atom. The monoisotopic (exact) mass is 335 g/mol. The summed E-state index contributed by atoms with van der Waals surface area (Å²) >= 11 is 7.43. The minimum Gasteiger partial charge on any atom is -0.316 e. The summed E-state index contributed by atoms with van der Waals surface area (Å²) in [5.74, 6) is 0. The first kappa shape index (κ1) is 12.1. The lowest BCUT2D eigenvalue weighted by Crippen LogP contribution is -2.29. The third-order valence-electron chi connectivity index (χ3n) is 1.67. The van der Waals surface area contributed by atoms with E-state index in [4.69, 9.17) is 17.3 Å². The molecule has 0 amide bonds. The minimum absolute atomic E-state index is 0.00519. The summed E-state index contributed by atoms with van der Waals surface area (Å²) in [5, 5.41) is 0.280. The fraction of sp³-hybridized carbons (Fsp3) is 0.250. The van der Waals surface area contributed by atoms with Crippen LogP contribution in [0.5, 0.6) is 0 Å². The zero-order valence-corrected chi connectivity index (χ0v) is 9.69. The van der Waals surface area contributed by atoms with Crippen molar-refractivity contribution < 1.29 is 13.2 Å². The van der Waals surface area contributed by atoms with Crippen molar-refractivity contribution in [3.05, 3.63) is 32.4 Å². The fourth-order valence-corrected chi connectivity index (χ4v) is 1.81. The third kappa shape index (κ3) is 2.52. The number of benzene rings is 1. The summed E-state index contributed by atoms with van der Waals surface area (Å²) in [6, 6.07) is 2.32. The van der Waals surface area contributed by atoms with Gasteiger partial charge in [-0.3, -0.25) is 0 Å². The van der Waals surface area contributed by atoms with Crippen molar-refractivity contribution in [3.63, 3.8) is 0 Å². The SMILES string of the molecule is N[C@@H](c1cccc(Cl)c1I)C(F)(F)F. The number of rotatable bonds is 1. The van der Waals surface area contributed by atoms with Crippen LogP contribution in [0.1, 0.15) is 11.6 Å². The van der Waals surface area contributed by atoms with Gasteiger partial charge in [0.15, 0.2) is 0 Å². The minimum atomic E-state index is -4.44. The van der Waals surface area contributed by atoms with Crippen molar-refractivity contribution in [3.8, 4) is 0 Å². The van der Waals surface area contributed by atoms with E-state index < -0.39 is 12.2 Å². The Bertz CT molecular complexity index is 340. The zero-order chi connectivity index (χ0) is 10.9. The average Bonchev–Trinajstić information content (AvgIpc) is 2.07. The molecule has 0 unspecified atom stereocenters. The van der Waals surface area contributed by atoms with Gasteiger partial charge >= 0.3 is 6.18 Å². The van der Waals surface area contributed by atoms with Gasteiger partial charge in [0.2, 0.25) is 0 Å². The van der Waals surface area contributed by atoms with Crippen molar-refractivity contribution in [2.75, 3.05) is 0 Å². The second kappa shape index (κ2) is 4.24. The summed E-state index contributed by atoms with van der Waals surface area (Å²) in [7, 11) is 0. The maximum Gasteiger partial charge on any atom is 0.407 e. The van der Waals surface area contributed by atoms with Crippen molar-refractivity contribution >= 4 is 34.2 Å². The first-order valence-corrected chi connectivity index (χ1v) is 5.06. The van der Waals surface area contributed by atoms with Crippen LogP contribution in [0.3, 0.4) is 0 Å². The molecule has 0 aliphatic rings. The van der Waals surface area contributed by atoms with Gasteiger partial charge in [-0.05, 0) is 34.2 Å². The number of alkyl halides is 3. The molecule has 0 saturated carbocycles. The molecule has 1 aromatic carbocycles. The van der Waals surface area contributed by atoms with Gasteiger partial charge < -0.3 is 5.73 Å². The second-order valence-electron chi connectivity index (χ2n) is 2.66. The quantitative estimate of drug-likeness (QED) is 0.781. The summed E-state index contributed by atoms with van der Waals surface area (Å²) in [5.41, 5.74) is 5.06. The highest BCUT2D eigenvalue weighted by Crippen LogP contribution is 2.34. The van der Waals surface area contributed by atoms with Crippen molar-refractivity contribution in [1.82, 2.24) is 0 Å². The normalized spacial score (nSPS) is 14.1. The van der Waals surface area contributed by atoms with Crippen LogP contribution < -0.4 is 5.73 Å². The Kier molecular flexibility index (Phi) is 3.65. The Hall–Kier alpha value is -0.0100. The average molecular weight is 335 g/mol. The zero-order valence-electron chi connectivity index (χ0n) is 6.78. The molecule has 2 N–H and O–H groups in total. The standard InChI is InChI=1S/C8H6ClF3IN/c9-5-3-1-2-4(6(5)13)7(14)8(10,11)12/h1-3,7H,14H2/t7-/m0/s1. The summed E-state index contributed by atoms with van der Waals surface area (Å²) in [6.07, 6.45) is -4.44. The molecule has 0 aliphatic heterocycles. The predicted octanol–water partition coefficient (Wildman–Crippen LogP) is 3.51. The van der Waals surface area contributed by atoms with Gasteiger partial charge in [-0.2, -0.15) is 13.2 Å². The topological polar surface area (TPSA) is 26.0 Å². The molecule has 1 atom stereocenters. The van der Waals surface area contributed by atoms with Gasteiger partial charge in [-0.1, -0.05) is 23.7 Å². The van der Waals surface area contributed by atoms with Crippen molar-refractivity contribution in [2.45, 2.75) is 12.2 Å². The third-order valence-corrected chi connectivity index (χ3v) is 3.51. The Morgan fingerprint density at radius 2 is 1.93 bits per heavy atom. The molecule has 0 aliphatic carbocycles.